The first-order chi connectivity index (χ1) is 5.81. The Morgan fingerprint density at radius 1 is 1.58 bits per heavy atom. The van der Waals surface area contributed by atoms with Crippen molar-refractivity contribution in [3.05, 3.63) is 12.7 Å². The average molecular weight is 166 g/mol. The third-order valence-electron chi connectivity index (χ3n) is 1.23. The van der Waals surface area contributed by atoms with Crippen LogP contribution in [0.4, 0.5) is 0 Å². The molecule has 0 fully saturated rings. The van der Waals surface area contributed by atoms with E-state index in [1.807, 2.05) is 0 Å². The van der Waals surface area contributed by atoms with Crippen LogP contribution in [-0.2, 0) is 9.53 Å². The third-order valence-corrected chi connectivity index (χ3v) is 1.23. The van der Waals surface area contributed by atoms with Crippen molar-refractivity contribution >= 4 is 5.97 Å². The van der Waals surface area contributed by atoms with Gasteiger partial charge in [-0.2, -0.15) is 0 Å². The van der Waals surface area contributed by atoms with Crippen molar-refractivity contribution in [2.24, 2.45) is 0 Å². The summed E-state index contributed by atoms with van der Waals surface area (Å²) in [6.07, 6.45) is 4.25. The molecule has 0 aromatic rings. The standard InChI is InChI=1S/C10H14O2/c1-3-5-6-7-8-9-12-10(11)4-2/h4H,2-3,5-6,9H2,1H3. The van der Waals surface area contributed by atoms with Crippen molar-refractivity contribution in [2.75, 3.05) is 6.61 Å². The maximum atomic E-state index is 10.5. The Labute approximate surface area is 73.6 Å². The summed E-state index contributed by atoms with van der Waals surface area (Å²) in [4.78, 5) is 10.5. The fourth-order valence-corrected chi connectivity index (χ4v) is 0.571. The lowest BCUT2D eigenvalue weighted by Crippen LogP contribution is -1.99. The first kappa shape index (κ1) is 10.8. The van der Waals surface area contributed by atoms with Crippen molar-refractivity contribution in [1.29, 1.82) is 0 Å². The van der Waals surface area contributed by atoms with Crippen molar-refractivity contribution in [1.82, 2.24) is 0 Å². The van der Waals surface area contributed by atoms with Crippen LogP contribution in [0.5, 0.6) is 0 Å². The van der Waals surface area contributed by atoms with Crippen LogP contribution in [0, 0.1) is 11.8 Å². The van der Waals surface area contributed by atoms with Gasteiger partial charge in [-0.25, -0.2) is 4.79 Å². The van der Waals surface area contributed by atoms with E-state index in [1.165, 1.54) is 0 Å². The molecule has 0 bridgehead atoms. The van der Waals surface area contributed by atoms with E-state index >= 15 is 0 Å². The second-order valence-corrected chi connectivity index (χ2v) is 2.27. The highest BCUT2D eigenvalue weighted by Crippen LogP contribution is 1.90. The second-order valence-electron chi connectivity index (χ2n) is 2.27. The maximum absolute atomic E-state index is 10.5. The number of ether oxygens (including phenoxy) is 1. The monoisotopic (exact) mass is 166 g/mol. The first-order valence-corrected chi connectivity index (χ1v) is 4.06. The minimum Gasteiger partial charge on any atom is -0.449 e. The van der Waals surface area contributed by atoms with Gasteiger partial charge in [0.25, 0.3) is 0 Å². The summed E-state index contributed by atoms with van der Waals surface area (Å²) in [5.41, 5.74) is 0. The highest BCUT2D eigenvalue weighted by Gasteiger charge is 1.89. The van der Waals surface area contributed by atoms with Crippen molar-refractivity contribution in [2.45, 2.75) is 26.2 Å². The topological polar surface area (TPSA) is 26.3 Å². The Kier molecular flexibility index (Phi) is 7.07. The molecule has 0 spiro atoms. The van der Waals surface area contributed by atoms with Crippen LogP contribution in [0.25, 0.3) is 0 Å². The van der Waals surface area contributed by atoms with Crippen LogP contribution in [0.1, 0.15) is 26.2 Å². The second kappa shape index (κ2) is 7.87. The fourth-order valence-electron chi connectivity index (χ4n) is 0.571. The molecule has 0 rings (SSSR count). The molecule has 0 aromatic carbocycles. The highest BCUT2D eigenvalue weighted by molar-refractivity contribution is 5.81. The van der Waals surface area contributed by atoms with E-state index < -0.39 is 5.97 Å². The Morgan fingerprint density at radius 3 is 2.92 bits per heavy atom. The number of hydrogen-bond acceptors (Lipinski definition) is 2. The molecule has 0 aliphatic carbocycles. The predicted molar refractivity (Wildman–Crippen MR) is 48.5 cm³/mol. The molecule has 0 heterocycles. The summed E-state index contributed by atoms with van der Waals surface area (Å²) >= 11 is 0. The molecule has 0 aliphatic rings. The van der Waals surface area contributed by atoms with Crippen LogP contribution < -0.4 is 0 Å². The average Bonchev–Trinajstić information content (AvgIpc) is 2.10. The van der Waals surface area contributed by atoms with Gasteiger partial charge in [0.05, 0.1) is 0 Å². The van der Waals surface area contributed by atoms with Gasteiger partial charge in [0, 0.05) is 12.5 Å². The molecular weight excluding hydrogens is 152 g/mol. The van der Waals surface area contributed by atoms with Crippen LogP contribution >= 0.6 is 0 Å². The van der Waals surface area contributed by atoms with E-state index in [0.29, 0.717) is 0 Å². The minimum atomic E-state index is -0.417. The van der Waals surface area contributed by atoms with E-state index in [4.69, 9.17) is 0 Å². The number of esters is 1. The summed E-state index contributed by atoms with van der Waals surface area (Å²) < 4.78 is 4.64. The molecule has 2 heteroatoms. The third kappa shape index (κ3) is 6.88. The summed E-state index contributed by atoms with van der Waals surface area (Å²) in [5.74, 6) is 5.23. The van der Waals surface area contributed by atoms with Gasteiger partial charge < -0.3 is 4.74 Å². The van der Waals surface area contributed by atoms with Gasteiger partial charge in [-0.3, -0.25) is 0 Å². The lowest BCUT2D eigenvalue weighted by Gasteiger charge is -1.92. The molecule has 0 saturated heterocycles. The predicted octanol–water partition coefficient (Wildman–Crippen LogP) is 1.91. The van der Waals surface area contributed by atoms with E-state index in [-0.39, 0.29) is 6.61 Å². The summed E-state index contributed by atoms with van der Waals surface area (Å²) in [5, 5.41) is 0. The molecule has 12 heavy (non-hydrogen) atoms. The van der Waals surface area contributed by atoms with Crippen LogP contribution in [0.3, 0.4) is 0 Å². The smallest absolute Gasteiger partial charge is 0.331 e. The zero-order valence-corrected chi connectivity index (χ0v) is 7.43. The SMILES string of the molecule is C=CC(=O)OCC#CCCCC. The molecular formula is C10H14O2. The van der Waals surface area contributed by atoms with Crippen LogP contribution in [-0.4, -0.2) is 12.6 Å². The Bertz CT molecular complexity index is 196. The normalized spacial score (nSPS) is 8.08. The largest absolute Gasteiger partial charge is 0.449 e. The van der Waals surface area contributed by atoms with Gasteiger partial charge in [-0.05, 0) is 6.42 Å². The van der Waals surface area contributed by atoms with Gasteiger partial charge in [-0.1, -0.05) is 31.8 Å². The van der Waals surface area contributed by atoms with Crippen molar-refractivity contribution < 1.29 is 9.53 Å². The summed E-state index contributed by atoms with van der Waals surface area (Å²) in [6.45, 7) is 5.55. The number of carbonyl (C=O) groups excluding carboxylic acids is 1. The van der Waals surface area contributed by atoms with Gasteiger partial charge in [0.1, 0.15) is 0 Å². The van der Waals surface area contributed by atoms with Crippen molar-refractivity contribution in [3.8, 4) is 11.8 Å². The Hall–Kier alpha value is -1.23. The minimum absolute atomic E-state index is 0.175. The van der Waals surface area contributed by atoms with Crippen molar-refractivity contribution in [3.63, 3.8) is 0 Å². The highest BCUT2D eigenvalue weighted by atomic mass is 16.5. The van der Waals surface area contributed by atoms with E-state index in [9.17, 15) is 4.79 Å². The molecule has 0 saturated carbocycles. The molecule has 0 unspecified atom stereocenters. The van der Waals surface area contributed by atoms with Gasteiger partial charge >= 0.3 is 5.97 Å². The number of rotatable bonds is 4. The van der Waals surface area contributed by atoms with E-state index in [2.05, 4.69) is 30.1 Å². The Morgan fingerprint density at radius 2 is 2.33 bits per heavy atom. The maximum Gasteiger partial charge on any atom is 0.331 e. The lowest BCUT2D eigenvalue weighted by molar-refractivity contribution is -0.136. The molecule has 0 atom stereocenters. The van der Waals surface area contributed by atoms with Crippen LogP contribution in [0.2, 0.25) is 0 Å². The fraction of sp³-hybridized carbons (Fsp3) is 0.500. The zero-order chi connectivity index (χ0) is 9.23. The zero-order valence-electron chi connectivity index (χ0n) is 7.43. The molecule has 0 amide bonds. The quantitative estimate of drug-likeness (QED) is 0.276. The first-order valence-electron chi connectivity index (χ1n) is 4.06. The van der Waals surface area contributed by atoms with E-state index in [0.717, 1.165) is 25.3 Å². The molecule has 0 radical (unpaired) electrons. The lowest BCUT2D eigenvalue weighted by atomic mass is 10.2. The summed E-state index contributed by atoms with van der Waals surface area (Å²) in [7, 11) is 0. The van der Waals surface area contributed by atoms with Gasteiger partial charge in [0.2, 0.25) is 0 Å². The van der Waals surface area contributed by atoms with Crippen LogP contribution in [0.15, 0.2) is 12.7 Å². The number of hydrogen-bond donors (Lipinski definition) is 0. The molecule has 0 N–H and O–H groups in total. The van der Waals surface area contributed by atoms with Gasteiger partial charge in [-0.15, -0.1) is 0 Å². The molecule has 0 aliphatic heterocycles. The summed E-state index contributed by atoms with van der Waals surface area (Å²) in [6, 6.07) is 0. The van der Waals surface area contributed by atoms with Gasteiger partial charge in [0.15, 0.2) is 6.61 Å². The Balaban J connectivity index is 3.32. The number of unbranched alkanes of at least 4 members (excludes halogenated alkanes) is 2. The molecule has 2 nitrogen and oxygen atoms in total. The molecule has 0 aromatic heterocycles. The number of carbonyl (C=O) groups is 1. The van der Waals surface area contributed by atoms with E-state index in [1.54, 1.807) is 0 Å². The molecule has 66 valence electrons.